The van der Waals surface area contributed by atoms with Gasteiger partial charge in [0.25, 0.3) is 0 Å². The Balaban J connectivity index is 2.28. The molecule has 0 bridgehead atoms. The maximum Gasteiger partial charge on any atom is 0.141 e. The molecule has 0 saturated heterocycles. The standard InChI is InChI=1S/C16H14F2N2/c1-2-16(13-5-3-4-6-15(13)18)20-12-7-8-14(17)11(9-12)10-19/h3-9,16,20H,2H2,1H3. The molecule has 0 spiro atoms. The van der Waals surface area contributed by atoms with Crippen molar-refractivity contribution in [1.29, 1.82) is 5.26 Å². The Morgan fingerprint density at radius 3 is 2.55 bits per heavy atom. The van der Waals surface area contributed by atoms with Gasteiger partial charge < -0.3 is 5.32 Å². The molecule has 1 unspecified atom stereocenters. The summed E-state index contributed by atoms with van der Waals surface area (Å²) in [5, 5.41) is 11.9. The maximum absolute atomic E-state index is 13.8. The molecule has 0 aliphatic heterocycles. The molecule has 1 N–H and O–H groups in total. The Kier molecular flexibility index (Phi) is 4.31. The summed E-state index contributed by atoms with van der Waals surface area (Å²) in [5.74, 6) is -0.841. The predicted octanol–water partition coefficient (Wildman–Crippen LogP) is 4.40. The zero-order valence-corrected chi connectivity index (χ0v) is 11.0. The summed E-state index contributed by atoms with van der Waals surface area (Å²) < 4.78 is 27.1. The molecule has 0 fully saturated rings. The number of halogens is 2. The average Bonchev–Trinajstić information content (AvgIpc) is 2.47. The molecule has 0 saturated carbocycles. The maximum atomic E-state index is 13.8. The monoisotopic (exact) mass is 272 g/mol. The van der Waals surface area contributed by atoms with Crippen LogP contribution in [0.3, 0.4) is 0 Å². The number of nitrogens with zero attached hydrogens (tertiary/aromatic N) is 1. The van der Waals surface area contributed by atoms with Crippen LogP contribution in [-0.4, -0.2) is 0 Å². The first-order valence-electron chi connectivity index (χ1n) is 6.36. The summed E-state index contributed by atoms with van der Waals surface area (Å²) in [6, 6.07) is 12.3. The van der Waals surface area contributed by atoms with Gasteiger partial charge >= 0.3 is 0 Å². The summed E-state index contributed by atoms with van der Waals surface area (Å²) in [5.41, 5.74) is 1.12. The Labute approximate surface area is 116 Å². The highest BCUT2D eigenvalue weighted by Crippen LogP contribution is 2.25. The minimum Gasteiger partial charge on any atom is -0.378 e. The largest absolute Gasteiger partial charge is 0.378 e. The fraction of sp³-hybridized carbons (Fsp3) is 0.188. The number of hydrogen-bond donors (Lipinski definition) is 1. The van der Waals surface area contributed by atoms with E-state index in [2.05, 4.69) is 5.32 Å². The quantitative estimate of drug-likeness (QED) is 0.895. The topological polar surface area (TPSA) is 35.8 Å². The van der Waals surface area contributed by atoms with E-state index < -0.39 is 5.82 Å². The normalized spacial score (nSPS) is 11.7. The fourth-order valence-electron chi connectivity index (χ4n) is 2.06. The van der Waals surface area contributed by atoms with Crippen LogP contribution in [0.25, 0.3) is 0 Å². The van der Waals surface area contributed by atoms with Gasteiger partial charge in [0.1, 0.15) is 17.7 Å². The summed E-state index contributed by atoms with van der Waals surface area (Å²) in [7, 11) is 0. The summed E-state index contributed by atoms with van der Waals surface area (Å²) >= 11 is 0. The molecule has 102 valence electrons. The van der Waals surface area contributed by atoms with E-state index in [1.807, 2.05) is 6.92 Å². The van der Waals surface area contributed by atoms with Gasteiger partial charge in [0, 0.05) is 11.3 Å². The van der Waals surface area contributed by atoms with E-state index in [1.165, 1.54) is 18.2 Å². The molecule has 0 aromatic heterocycles. The van der Waals surface area contributed by atoms with Crippen LogP contribution in [0.15, 0.2) is 42.5 Å². The van der Waals surface area contributed by atoms with Crippen molar-refractivity contribution in [3.63, 3.8) is 0 Å². The van der Waals surface area contributed by atoms with Crippen LogP contribution < -0.4 is 5.32 Å². The van der Waals surface area contributed by atoms with E-state index in [1.54, 1.807) is 30.3 Å². The Hall–Kier alpha value is -2.41. The minimum absolute atomic E-state index is 0.0293. The second-order valence-corrected chi connectivity index (χ2v) is 4.43. The van der Waals surface area contributed by atoms with Gasteiger partial charge in [-0.3, -0.25) is 0 Å². The van der Waals surface area contributed by atoms with Crippen LogP contribution in [0.1, 0.15) is 30.5 Å². The van der Waals surface area contributed by atoms with Crippen LogP contribution >= 0.6 is 0 Å². The van der Waals surface area contributed by atoms with Crippen molar-refractivity contribution < 1.29 is 8.78 Å². The van der Waals surface area contributed by atoms with Crippen LogP contribution in [-0.2, 0) is 0 Å². The van der Waals surface area contributed by atoms with E-state index in [0.717, 1.165) is 0 Å². The van der Waals surface area contributed by atoms with E-state index >= 15 is 0 Å². The van der Waals surface area contributed by atoms with Crippen molar-refractivity contribution >= 4 is 5.69 Å². The van der Waals surface area contributed by atoms with E-state index in [9.17, 15) is 8.78 Å². The molecule has 2 nitrogen and oxygen atoms in total. The highest BCUT2D eigenvalue weighted by Gasteiger charge is 2.14. The molecule has 0 radical (unpaired) electrons. The first kappa shape index (κ1) is 14.0. The van der Waals surface area contributed by atoms with Crippen molar-refractivity contribution in [2.24, 2.45) is 0 Å². The third-order valence-corrected chi connectivity index (χ3v) is 3.12. The zero-order valence-electron chi connectivity index (χ0n) is 11.0. The van der Waals surface area contributed by atoms with Gasteiger partial charge in [0.05, 0.1) is 11.6 Å². The highest BCUT2D eigenvalue weighted by molar-refractivity contribution is 5.51. The third-order valence-electron chi connectivity index (χ3n) is 3.12. The van der Waals surface area contributed by atoms with Gasteiger partial charge in [-0.05, 0) is 30.7 Å². The summed E-state index contributed by atoms with van der Waals surface area (Å²) in [6.07, 6.45) is 0.667. The first-order valence-corrected chi connectivity index (χ1v) is 6.36. The lowest BCUT2D eigenvalue weighted by Gasteiger charge is -2.19. The molecule has 0 heterocycles. The van der Waals surface area contributed by atoms with Crippen LogP contribution in [0.4, 0.5) is 14.5 Å². The Morgan fingerprint density at radius 2 is 1.90 bits per heavy atom. The lowest BCUT2D eigenvalue weighted by atomic mass is 10.0. The second kappa shape index (κ2) is 6.16. The fourth-order valence-corrected chi connectivity index (χ4v) is 2.06. The van der Waals surface area contributed by atoms with Crippen molar-refractivity contribution in [3.8, 4) is 6.07 Å². The van der Waals surface area contributed by atoms with Gasteiger partial charge in [-0.15, -0.1) is 0 Å². The molecule has 0 amide bonds. The molecule has 2 aromatic carbocycles. The molecule has 2 rings (SSSR count). The smallest absolute Gasteiger partial charge is 0.141 e. The van der Waals surface area contributed by atoms with Crippen molar-refractivity contribution in [2.75, 3.05) is 5.32 Å². The molecule has 2 aromatic rings. The molecular formula is C16H14F2N2. The van der Waals surface area contributed by atoms with Crippen LogP contribution in [0, 0.1) is 23.0 Å². The lowest BCUT2D eigenvalue weighted by Crippen LogP contribution is -2.11. The van der Waals surface area contributed by atoms with Crippen LogP contribution in [0.5, 0.6) is 0 Å². The molecular weight excluding hydrogens is 258 g/mol. The average molecular weight is 272 g/mol. The van der Waals surface area contributed by atoms with Crippen LogP contribution in [0.2, 0.25) is 0 Å². The molecule has 20 heavy (non-hydrogen) atoms. The van der Waals surface area contributed by atoms with Gasteiger partial charge in [0.15, 0.2) is 0 Å². The lowest BCUT2D eigenvalue weighted by molar-refractivity contribution is 0.587. The Bertz CT molecular complexity index is 647. The van der Waals surface area contributed by atoms with Gasteiger partial charge in [-0.2, -0.15) is 5.26 Å². The van der Waals surface area contributed by atoms with E-state index in [-0.39, 0.29) is 17.4 Å². The van der Waals surface area contributed by atoms with Gasteiger partial charge in [-0.25, -0.2) is 8.78 Å². The van der Waals surface area contributed by atoms with Crippen molar-refractivity contribution in [1.82, 2.24) is 0 Å². The van der Waals surface area contributed by atoms with E-state index in [0.29, 0.717) is 17.7 Å². The molecule has 4 heteroatoms. The number of benzene rings is 2. The number of nitrogens with one attached hydrogen (secondary N) is 1. The van der Waals surface area contributed by atoms with E-state index in [4.69, 9.17) is 5.26 Å². The van der Waals surface area contributed by atoms with Crippen molar-refractivity contribution in [3.05, 3.63) is 65.2 Å². The van der Waals surface area contributed by atoms with Crippen molar-refractivity contribution in [2.45, 2.75) is 19.4 Å². The third kappa shape index (κ3) is 2.94. The van der Waals surface area contributed by atoms with Gasteiger partial charge in [-0.1, -0.05) is 25.1 Å². The zero-order chi connectivity index (χ0) is 14.5. The number of nitriles is 1. The first-order chi connectivity index (χ1) is 9.65. The number of anilines is 1. The summed E-state index contributed by atoms with van der Waals surface area (Å²) in [4.78, 5) is 0. The Morgan fingerprint density at radius 1 is 1.15 bits per heavy atom. The second-order valence-electron chi connectivity index (χ2n) is 4.43. The molecule has 1 atom stereocenters. The van der Waals surface area contributed by atoms with Gasteiger partial charge in [0.2, 0.25) is 0 Å². The number of hydrogen-bond acceptors (Lipinski definition) is 2. The molecule has 0 aliphatic rings. The number of rotatable bonds is 4. The highest BCUT2D eigenvalue weighted by atomic mass is 19.1. The summed E-state index contributed by atoms with van der Waals surface area (Å²) in [6.45, 7) is 1.93. The minimum atomic E-state index is -0.558. The predicted molar refractivity (Wildman–Crippen MR) is 74.2 cm³/mol. The molecule has 0 aliphatic carbocycles. The SMILES string of the molecule is CCC(Nc1ccc(F)c(C#N)c1)c1ccccc1F.